The van der Waals surface area contributed by atoms with Crippen LogP contribution in [0.1, 0.15) is 11.1 Å². The van der Waals surface area contributed by atoms with E-state index < -0.39 is 12.0 Å². The smallest absolute Gasteiger partial charge is 0.326 e. The lowest BCUT2D eigenvalue weighted by atomic mass is 10.0. The predicted octanol–water partition coefficient (Wildman–Crippen LogP) is 6.94. The topological polar surface area (TPSA) is 132 Å². The Labute approximate surface area is 265 Å². The quantitative estimate of drug-likeness (QED) is 0.149. The number of benzene rings is 3. The number of fused-ring (bicyclic) bond motifs is 1. The number of rotatable bonds is 11. The van der Waals surface area contributed by atoms with Crippen molar-refractivity contribution in [1.29, 1.82) is 0 Å². The van der Waals surface area contributed by atoms with Crippen LogP contribution >= 0.6 is 15.9 Å². The second-order valence-corrected chi connectivity index (χ2v) is 10.7. The van der Waals surface area contributed by atoms with Crippen LogP contribution in [0, 0.1) is 5.82 Å². The van der Waals surface area contributed by atoms with Crippen molar-refractivity contribution in [3.8, 4) is 34.2 Å². The summed E-state index contributed by atoms with van der Waals surface area (Å²) >= 11 is 3.54. The normalized spacial score (nSPS) is 11.7. The van der Waals surface area contributed by atoms with E-state index in [1.54, 1.807) is 37.7 Å². The standard InChI is InChI=1S/C33H25BrFN5O5/c1-43-26-9-5-3-7-23(26)30-36-15-19(16-37-30)17-44-25-8-4-2-6-21(25)14-24(33(41)42)40-31-27-28(34)29(45-32(27)39-18-38-31)20-10-12-22(35)13-11-20/h2-13,15-16,18,24H,14,17H2,1H3,(H,41,42)(H,38,39,40)/t24-/m1/s1. The summed E-state index contributed by atoms with van der Waals surface area (Å²) in [4.78, 5) is 29.9. The van der Waals surface area contributed by atoms with Crippen LogP contribution in [-0.2, 0) is 17.8 Å². The van der Waals surface area contributed by atoms with Gasteiger partial charge >= 0.3 is 5.97 Å². The Bertz CT molecular complexity index is 1970. The van der Waals surface area contributed by atoms with Gasteiger partial charge in [0.15, 0.2) is 11.6 Å². The molecule has 3 aromatic heterocycles. The number of nitrogens with one attached hydrogen (secondary N) is 1. The van der Waals surface area contributed by atoms with Gasteiger partial charge in [0.1, 0.15) is 42.1 Å². The van der Waals surface area contributed by atoms with Gasteiger partial charge in [-0.2, -0.15) is 0 Å². The molecule has 0 bridgehead atoms. The Kier molecular flexibility index (Phi) is 8.65. The Morgan fingerprint density at radius 2 is 1.69 bits per heavy atom. The fourth-order valence-corrected chi connectivity index (χ4v) is 5.42. The van der Waals surface area contributed by atoms with E-state index in [-0.39, 0.29) is 30.4 Å². The fourth-order valence-electron chi connectivity index (χ4n) is 4.75. The highest BCUT2D eigenvalue weighted by atomic mass is 79.9. The largest absolute Gasteiger partial charge is 0.496 e. The van der Waals surface area contributed by atoms with Crippen molar-refractivity contribution in [1.82, 2.24) is 19.9 Å². The summed E-state index contributed by atoms with van der Waals surface area (Å²) in [6.07, 6.45) is 4.73. The number of halogens is 2. The molecule has 3 heterocycles. The molecule has 6 aromatic rings. The minimum Gasteiger partial charge on any atom is -0.496 e. The van der Waals surface area contributed by atoms with Crippen LogP contribution in [0.2, 0.25) is 0 Å². The zero-order chi connectivity index (χ0) is 31.3. The van der Waals surface area contributed by atoms with Crippen molar-refractivity contribution >= 4 is 38.8 Å². The molecule has 2 N–H and O–H groups in total. The third-order valence-corrected chi connectivity index (χ3v) is 7.75. The van der Waals surface area contributed by atoms with Gasteiger partial charge in [0, 0.05) is 29.9 Å². The number of anilines is 1. The van der Waals surface area contributed by atoms with Crippen molar-refractivity contribution in [2.45, 2.75) is 19.1 Å². The first-order chi connectivity index (χ1) is 21.9. The fraction of sp³-hybridized carbons (Fsp3) is 0.121. The van der Waals surface area contributed by atoms with Gasteiger partial charge in [-0.15, -0.1) is 0 Å². The van der Waals surface area contributed by atoms with E-state index in [0.29, 0.717) is 44.1 Å². The maximum absolute atomic E-state index is 13.5. The molecule has 0 aliphatic carbocycles. The van der Waals surface area contributed by atoms with Gasteiger partial charge in [0.05, 0.1) is 22.5 Å². The van der Waals surface area contributed by atoms with Crippen molar-refractivity contribution in [2.24, 2.45) is 0 Å². The van der Waals surface area contributed by atoms with Crippen molar-refractivity contribution in [2.75, 3.05) is 12.4 Å². The van der Waals surface area contributed by atoms with Crippen LogP contribution in [0.25, 0.3) is 33.8 Å². The maximum Gasteiger partial charge on any atom is 0.326 e. The average Bonchev–Trinajstić information content (AvgIpc) is 3.41. The molecule has 0 amide bonds. The number of furan rings is 1. The van der Waals surface area contributed by atoms with E-state index in [4.69, 9.17) is 13.9 Å². The molecule has 0 fully saturated rings. The van der Waals surface area contributed by atoms with Gasteiger partial charge in [0.25, 0.3) is 0 Å². The molecule has 0 radical (unpaired) electrons. The molecular formula is C33H25BrFN5O5. The lowest BCUT2D eigenvalue weighted by Gasteiger charge is -2.18. The number of aromatic nitrogens is 4. The van der Waals surface area contributed by atoms with Gasteiger partial charge in [-0.3, -0.25) is 0 Å². The van der Waals surface area contributed by atoms with Gasteiger partial charge < -0.3 is 24.3 Å². The minimum atomic E-state index is -1.09. The molecule has 0 unspecified atom stereocenters. The van der Waals surface area contributed by atoms with E-state index >= 15 is 0 Å². The monoisotopic (exact) mass is 669 g/mol. The number of carboxylic acid groups (broad SMARTS) is 1. The lowest BCUT2D eigenvalue weighted by Crippen LogP contribution is -2.32. The van der Waals surface area contributed by atoms with Gasteiger partial charge in [-0.25, -0.2) is 29.1 Å². The molecule has 226 valence electrons. The van der Waals surface area contributed by atoms with Crippen molar-refractivity contribution in [3.63, 3.8) is 0 Å². The van der Waals surface area contributed by atoms with Crippen molar-refractivity contribution < 1.29 is 28.2 Å². The first kappa shape index (κ1) is 29.7. The summed E-state index contributed by atoms with van der Waals surface area (Å²) in [6, 6.07) is 19.5. The molecule has 0 saturated carbocycles. The second-order valence-electron chi connectivity index (χ2n) is 9.91. The molecule has 6 rings (SSSR count). The maximum atomic E-state index is 13.5. The number of hydrogen-bond donors (Lipinski definition) is 2. The third kappa shape index (κ3) is 6.46. The molecule has 1 atom stereocenters. The van der Waals surface area contributed by atoms with E-state index in [2.05, 4.69) is 41.2 Å². The van der Waals surface area contributed by atoms with Crippen molar-refractivity contribution in [3.05, 3.63) is 113 Å². The molecule has 0 aliphatic rings. The van der Waals surface area contributed by atoms with Crippen LogP contribution < -0.4 is 14.8 Å². The number of aliphatic carboxylic acids is 1. The Hall–Kier alpha value is -5.36. The lowest BCUT2D eigenvalue weighted by molar-refractivity contribution is -0.137. The number of nitrogens with zero attached hydrogens (tertiary/aromatic N) is 4. The molecule has 0 spiro atoms. The number of methoxy groups -OCH3 is 1. The average molecular weight is 670 g/mol. The summed E-state index contributed by atoms with van der Waals surface area (Å²) in [7, 11) is 1.60. The van der Waals surface area contributed by atoms with Crippen LogP contribution in [0.15, 0.2) is 100 Å². The Morgan fingerprint density at radius 3 is 2.42 bits per heavy atom. The van der Waals surface area contributed by atoms with Gasteiger partial charge in [-0.05, 0) is 64.0 Å². The first-order valence-corrected chi connectivity index (χ1v) is 14.5. The molecule has 10 nitrogen and oxygen atoms in total. The van der Waals surface area contributed by atoms with Gasteiger partial charge in [0.2, 0.25) is 5.71 Å². The number of carboxylic acids is 1. The predicted molar refractivity (Wildman–Crippen MR) is 168 cm³/mol. The first-order valence-electron chi connectivity index (χ1n) is 13.7. The third-order valence-electron chi connectivity index (χ3n) is 6.99. The number of para-hydroxylation sites is 2. The second kappa shape index (κ2) is 13.1. The molecule has 0 aliphatic heterocycles. The highest BCUT2D eigenvalue weighted by Crippen LogP contribution is 2.40. The van der Waals surface area contributed by atoms with E-state index in [1.165, 1.54) is 18.5 Å². The van der Waals surface area contributed by atoms with Crippen LogP contribution in [0.3, 0.4) is 0 Å². The number of ether oxygens (including phenoxy) is 2. The molecule has 12 heteroatoms. The number of hydrogen-bond acceptors (Lipinski definition) is 9. The zero-order valence-corrected chi connectivity index (χ0v) is 25.4. The van der Waals surface area contributed by atoms with E-state index in [0.717, 1.165) is 11.1 Å². The van der Waals surface area contributed by atoms with E-state index in [1.807, 2.05) is 42.5 Å². The Balaban J connectivity index is 1.20. The van der Waals surface area contributed by atoms with E-state index in [9.17, 15) is 14.3 Å². The highest BCUT2D eigenvalue weighted by Gasteiger charge is 2.25. The van der Waals surface area contributed by atoms with Crippen LogP contribution in [0.4, 0.5) is 10.2 Å². The summed E-state index contributed by atoms with van der Waals surface area (Å²) in [6.45, 7) is 0.176. The molecule has 3 aromatic carbocycles. The zero-order valence-electron chi connectivity index (χ0n) is 23.8. The van der Waals surface area contributed by atoms with Gasteiger partial charge in [-0.1, -0.05) is 30.3 Å². The highest BCUT2D eigenvalue weighted by molar-refractivity contribution is 9.10. The van der Waals surface area contributed by atoms with Crippen LogP contribution in [-0.4, -0.2) is 44.2 Å². The Morgan fingerprint density at radius 1 is 0.978 bits per heavy atom. The minimum absolute atomic E-state index is 0.0839. The SMILES string of the molecule is COc1ccccc1-c1ncc(COc2ccccc2C[C@@H](Nc2ncnc3oc(-c4ccc(F)cc4)c(Br)c23)C(=O)O)cn1. The molecular weight excluding hydrogens is 645 g/mol. The van der Waals surface area contributed by atoms with Crippen LogP contribution in [0.5, 0.6) is 11.5 Å². The summed E-state index contributed by atoms with van der Waals surface area (Å²) in [5, 5.41) is 13.7. The molecule has 45 heavy (non-hydrogen) atoms. The molecule has 0 saturated heterocycles. The summed E-state index contributed by atoms with van der Waals surface area (Å²) in [5.74, 6) is 0.941. The number of carbonyl (C=O) groups is 1. The summed E-state index contributed by atoms with van der Waals surface area (Å²) in [5.41, 5.74) is 3.05. The summed E-state index contributed by atoms with van der Waals surface area (Å²) < 4.78 is 31.4.